The molecule has 4 nitrogen and oxygen atoms in total. The molecule has 2 rings (SSSR count). The predicted octanol–water partition coefficient (Wildman–Crippen LogP) is 7.91. The van der Waals surface area contributed by atoms with E-state index in [2.05, 4.69) is 18.8 Å². The van der Waals surface area contributed by atoms with Crippen molar-refractivity contribution in [3.8, 4) is 5.75 Å². The van der Waals surface area contributed by atoms with Crippen molar-refractivity contribution in [1.29, 1.82) is 0 Å². The zero-order valence-electron chi connectivity index (χ0n) is 19.9. The number of carbonyl (C=O) groups is 1. The van der Waals surface area contributed by atoms with Crippen LogP contribution in [0.15, 0.2) is 53.5 Å². The van der Waals surface area contributed by atoms with Crippen molar-refractivity contribution in [1.82, 2.24) is 0 Å². The highest BCUT2D eigenvalue weighted by molar-refractivity contribution is 5.91. The van der Waals surface area contributed by atoms with E-state index in [-0.39, 0.29) is 5.97 Å². The molecule has 174 valence electrons. The third-order valence-corrected chi connectivity index (χ3v) is 5.34. The second-order valence-corrected chi connectivity index (χ2v) is 8.19. The molecule has 0 aliphatic rings. The van der Waals surface area contributed by atoms with Crippen molar-refractivity contribution in [2.75, 3.05) is 13.2 Å². The molecule has 0 heterocycles. The van der Waals surface area contributed by atoms with Crippen LogP contribution in [-0.2, 0) is 4.74 Å². The van der Waals surface area contributed by atoms with Gasteiger partial charge in [-0.1, -0.05) is 77.3 Å². The van der Waals surface area contributed by atoms with E-state index in [1.54, 1.807) is 18.3 Å². The van der Waals surface area contributed by atoms with Gasteiger partial charge in [0.1, 0.15) is 5.75 Å². The Morgan fingerprint density at radius 1 is 0.750 bits per heavy atom. The molecule has 2 aromatic carbocycles. The van der Waals surface area contributed by atoms with Crippen LogP contribution < -0.4 is 4.74 Å². The zero-order valence-corrected chi connectivity index (χ0v) is 19.9. The SMILES string of the molecule is CCCCCCCCCOC(=O)c1ccc(C=Nc2ccc(OCCCCC)cc2)cc1. The lowest BCUT2D eigenvalue weighted by atomic mass is 10.1. The molecule has 0 unspecified atom stereocenters. The fourth-order valence-electron chi connectivity index (χ4n) is 3.33. The Morgan fingerprint density at radius 3 is 2.03 bits per heavy atom. The van der Waals surface area contributed by atoms with E-state index in [1.165, 1.54) is 44.9 Å². The maximum Gasteiger partial charge on any atom is 0.338 e. The number of rotatable bonds is 16. The summed E-state index contributed by atoms with van der Waals surface area (Å²) in [6.07, 6.45) is 13.7. The first-order valence-corrected chi connectivity index (χ1v) is 12.3. The van der Waals surface area contributed by atoms with Crippen LogP contribution in [-0.4, -0.2) is 25.4 Å². The second-order valence-electron chi connectivity index (χ2n) is 8.19. The van der Waals surface area contributed by atoms with Crippen molar-refractivity contribution >= 4 is 17.9 Å². The van der Waals surface area contributed by atoms with Gasteiger partial charge in [0, 0.05) is 6.21 Å². The normalized spacial score (nSPS) is 11.1. The van der Waals surface area contributed by atoms with E-state index in [0.29, 0.717) is 12.2 Å². The molecule has 0 saturated carbocycles. The number of unbranched alkanes of at least 4 members (excludes halogenated alkanes) is 8. The van der Waals surface area contributed by atoms with Crippen LogP contribution in [0.5, 0.6) is 5.75 Å². The lowest BCUT2D eigenvalue weighted by Gasteiger charge is -2.06. The zero-order chi connectivity index (χ0) is 22.9. The first-order valence-electron chi connectivity index (χ1n) is 12.3. The van der Waals surface area contributed by atoms with Crippen molar-refractivity contribution in [3.05, 3.63) is 59.7 Å². The van der Waals surface area contributed by atoms with Gasteiger partial charge in [-0.05, 0) is 54.8 Å². The second kappa shape index (κ2) is 16.1. The number of aliphatic imine (C=N–C) groups is 1. The van der Waals surface area contributed by atoms with Crippen LogP contribution in [0.25, 0.3) is 0 Å². The lowest BCUT2D eigenvalue weighted by Crippen LogP contribution is -2.06. The molecule has 0 aliphatic carbocycles. The number of hydrogen-bond acceptors (Lipinski definition) is 4. The first-order chi connectivity index (χ1) is 15.7. The highest BCUT2D eigenvalue weighted by atomic mass is 16.5. The summed E-state index contributed by atoms with van der Waals surface area (Å²) in [6.45, 7) is 5.66. The number of benzene rings is 2. The van der Waals surface area contributed by atoms with Crippen molar-refractivity contribution < 1.29 is 14.3 Å². The van der Waals surface area contributed by atoms with Crippen LogP contribution in [0.3, 0.4) is 0 Å². The minimum Gasteiger partial charge on any atom is -0.494 e. The van der Waals surface area contributed by atoms with Gasteiger partial charge in [-0.25, -0.2) is 4.79 Å². The summed E-state index contributed by atoms with van der Waals surface area (Å²) in [5, 5.41) is 0. The van der Waals surface area contributed by atoms with Crippen LogP contribution in [0.2, 0.25) is 0 Å². The smallest absolute Gasteiger partial charge is 0.338 e. The van der Waals surface area contributed by atoms with Crippen molar-refractivity contribution in [2.45, 2.75) is 78.1 Å². The largest absolute Gasteiger partial charge is 0.494 e. The van der Waals surface area contributed by atoms with Gasteiger partial charge in [0.25, 0.3) is 0 Å². The van der Waals surface area contributed by atoms with Gasteiger partial charge in [-0.3, -0.25) is 4.99 Å². The van der Waals surface area contributed by atoms with Gasteiger partial charge in [0.2, 0.25) is 0 Å². The summed E-state index contributed by atoms with van der Waals surface area (Å²) in [6, 6.07) is 15.1. The number of ether oxygens (including phenoxy) is 2. The predicted molar refractivity (Wildman–Crippen MR) is 133 cm³/mol. The highest BCUT2D eigenvalue weighted by Gasteiger charge is 2.06. The molecule has 32 heavy (non-hydrogen) atoms. The first kappa shape index (κ1) is 25.6. The van der Waals surface area contributed by atoms with Crippen molar-refractivity contribution in [2.24, 2.45) is 4.99 Å². The van der Waals surface area contributed by atoms with Crippen LogP contribution >= 0.6 is 0 Å². The molecule has 0 radical (unpaired) electrons. The molecule has 0 fully saturated rings. The topological polar surface area (TPSA) is 47.9 Å². The molecule has 0 bridgehead atoms. The van der Waals surface area contributed by atoms with Crippen LogP contribution in [0, 0.1) is 0 Å². The molecule has 0 spiro atoms. The third-order valence-electron chi connectivity index (χ3n) is 5.34. The summed E-state index contributed by atoms with van der Waals surface area (Å²) in [5.74, 6) is 0.619. The molecule has 0 saturated heterocycles. The Kier molecular flexibility index (Phi) is 12.9. The molecule has 2 aromatic rings. The van der Waals surface area contributed by atoms with Crippen LogP contribution in [0.1, 0.15) is 94.0 Å². The summed E-state index contributed by atoms with van der Waals surface area (Å²) in [4.78, 5) is 16.7. The Labute approximate surface area is 194 Å². The van der Waals surface area contributed by atoms with Gasteiger partial charge in [0.15, 0.2) is 0 Å². The number of esters is 1. The quantitative estimate of drug-likeness (QED) is 0.152. The van der Waals surface area contributed by atoms with E-state index < -0.39 is 0 Å². The average Bonchev–Trinajstić information content (AvgIpc) is 2.83. The van der Waals surface area contributed by atoms with Gasteiger partial charge in [-0.2, -0.15) is 0 Å². The minimum atomic E-state index is -0.256. The fraction of sp³-hybridized carbons (Fsp3) is 0.500. The fourth-order valence-corrected chi connectivity index (χ4v) is 3.33. The summed E-state index contributed by atoms with van der Waals surface area (Å²) in [7, 11) is 0. The maximum atomic E-state index is 12.2. The average molecular weight is 438 g/mol. The standard InChI is InChI=1S/C28H39NO3/c1-3-5-7-8-9-10-12-22-32-28(30)25-15-13-24(14-16-25)23-29-26-17-19-27(20-18-26)31-21-11-6-4-2/h13-20,23H,3-12,21-22H2,1-2H3. The van der Waals surface area contributed by atoms with Gasteiger partial charge in [-0.15, -0.1) is 0 Å². The molecule has 0 atom stereocenters. The van der Waals surface area contributed by atoms with Gasteiger partial charge in [0.05, 0.1) is 24.5 Å². The molecular weight excluding hydrogens is 398 g/mol. The van der Waals surface area contributed by atoms with Gasteiger partial charge < -0.3 is 9.47 Å². The maximum absolute atomic E-state index is 12.2. The lowest BCUT2D eigenvalue weighted by molar-refractivity contribution is 0.0497. The summed E-state index contributed by atoms with van der Waals surface area (Å²) in [5.41, 5.74) is 2.38. The Bertz CT molecular complexity index is 781. The Balaban J connectivity index is 1.70. The molecule has 0 N–H and O–H groups in total. The molecule has 4 heteroatoms. The molecule has 0 aliphatic heterocycles. The monoisotopic (exact) mass is 437 g/mol. The highest BCUT2D eigenvalue weighted by Crippen LogP contribution is 2.18. The summed E-state index contributed by atoms with van der Waals surface area (Å²) >= 11 is 0. The third kappa shape index (κ3) is 10.6. The van der Waals surface area contributed by atoms with E-state index in [1.807, 2.05) is 36.4 Å². The molecule has 0 amide bonds. The molecular formula is C28H39NO3. The minimum absolute atomic E-state index is 0.256. The molecule has 0 aromatic heterocycles. The van der Waals surface area contributed by atoms with Gasteiger partial charge >= 0.3 is 5.97 Å². The Hall–Kier alpha value is -2.62. The van der Waals surface area contributed by atoms with Crippen LogP contribution in [0.4, 0.5) is 5.69 Å². The van der Waals surface area contributed by atoms with E-state index in [0.717, 1.165) is 42.9 Å². The van der Waals surface area contributed by atoms with E-state index in [9.17, 15) is 4.79 Å². The number of carbonyl (C=O) groups excluding carboxylic acids is 1. The number of nitrogens with zero attached hydrogens (tertiary/aromatic N) is 1. The number of hydrogen-bond donors (Lipinski definition) is 0. The van der Waals surface area contributed by atoms with Crippen molar-refractivity contribution in [3.63, 3.8) is 0 Å². The van der Waals surface area contributed by atoms with E-state index in [4.69, 9.17) is 9.47 Å². The summed E-state index contributed by atoms with van der Waals surface area (Å²) < 4.78 is 11.1. The Morgan fingerprint density at radius 2 is 1.34 bits per heavy atom. The van der Waals surface area contributed by atoms with E-state index >= 15 is 0 Å².